The Labute approximate surface area is 229 Å². The van der Waals surface area contributed by atoms with Crippen LogP contribution in [0, 0.1) is 23.5 Å². The SMILES string of the molecule is COCCNc1cc(N2CCN(C)CC2)ccc1C(=O)NC1NNC2CCC(Cc3cc(F)cc(F)c3)CC21. The third-order valence-electron chi connectivity index (χ3n) is 8.33. The number of nitrogens with one attached hydrogen (secondary N) is 4. The highest BCUT2D eigenvalue weighted by Gasteiger charge is 2.41. The standard InChI is InChI=1S/C29H40F2N6O2/c1-36-8-10-37(11-9-36)23-4-5-24(27(18-23)32-7-12-39-2)29(38)33-28-25-16-19(3-6-26(25)34-35-28)13-20-14-21(30)17-22(31)15-20/h4-5,14-15,17-19,25-26,28,32,34-35H,3,6-13,16H2,1-2H3,(H,33,38). The van der Waals surface area contributed by atoms with Crippen molar-refractivity contribution in [3.8, 4) is 0 Å². The lowest BCUT2D eigenvalue weighted by atomic mass is 9.75. The molecule has 1 saturated carbocycles. The average Bonchev–Trinajstić information content (AvgIpc) is 3.30. The van der Waals surface area contributed by atoms with Crippen molar-refractivity contribution < 1.29 is 18.3 Å². The fourth-order valence-corrected chi connectivity index (χ4v) is 6.18. The van der Waals surface area contributed by atoms with Crippen molar-refractivity contribution in [1.82, 2.24) is 21.1 Å². The van der Waals surface area contributed by atoms with Crippen molar-refractivity contribution in [2.24, 2.45) is 11.8 Å². The molecule has 0 radical (unpaired) electrons. The van der Waals surface area contributed by atoms with Gasteiger partial charge in [0, 0.05) is 69.2 Å². The summed E-state index contributed by atoms with van der Waals surface area (Å²) in [5, 5.41) is 6.60. The van der Waals surface area contributed by atoms with Crippen LogP contribution < -0.4 is 26.4 Å². The predicted molar refractivity (Wildman–Crippen MR) is 149 cm³/mol. The Morgan fingerprint density at radius 1 is 1.05 bits per heavy atom. The number of piperazine rings is 1. The monoisotopic (exact) mass is 542 g/mol. The van der Waals surface area contributed by atoms with E-state index < -0.39 is 11.6 Å². The number of nitrogens with zero attached hydrogens (tertiary/aromatic N) is 2. The zero-order valence-electron chi connectivity index (χ0n) is 22.8. The van der Waals surface area contributed by atoms with Gasteiger partial charge in [0.25, 0.3) is 5.91 Å². The second-order valence-corrected chi connectivity index (χ2v) is 11.1. The van der Waals surface area contributed by atoms with Crippen molar-refractivity contribution in [2.45, 2.75) is 37.9 Å². The molecule has 0 bridgehead atoms. The van der Waals surface area contributed by atoms with Crippen LogP contribution in [0.1, 0.15) is 35.2 Å². The Morgan fingerprint density at radius 2 is 1.82 bits per heavy atom. The third-order valence-corrected chi connectivity index (χ3v) is 8.33. The summed E-state index contributed by atoms with van der Waals surface area (Å²) in [6.45, 7) is 5.04. The Bertz CT molecular complexity index is 1120. The van der Waals surface area contributed by atoms with Gasteiger partial charge < -0.3 is 25.2 Å². The first kappa shape index (κ1) is 27.8. The van der Waals surface area contributed by atoms with Gasteiger partial charge in [0.1, 0.15) is 11.6 Å². The zero-order valence-corrected chi connectivity index (χ0v) is 22.8. The quantitative estimate of drug-likeness (QED) is 0.363. The number of ether oxygens (including phenoxy) is 1. The predicted octanol–water partition coefficient (Wildman–Crippen LogP) is 2.97. The smallest absolute Gasteiger partial charge is 0.254 e. The first-order chi connectivity index (χ1) is 18.9. The minimum Gasteiger partial charge on any atom is -0.383 e. The molecular formula is C29H40F2N6O2. The molecule has 2 heterocycles. The number of rotatable bonds is 9. The summed E-state index contributed by atoms with van der Waals surface area (Å²) in [5.74, 6) is -0.749. The first-order valence-electron chi connectivity index (χ1n) is 14.0. The molecule has 4 unspecified atom stereocenters. The fraction of sp³-hybridized carbons (Fsp3) is 0.552. The summed E-state index contributed by atoms with van der Waals surface area (Å²) in [4.78, 5) is 18.2. The molecule has 3 aliphatic rings. The van der Waals surface area contributed by atoms with E-state index >= 15 is 0 Å². The van der Waals surface area contributed by atoms with E-state index in [1.165, 1.54) is 12.1 Å². The molecule has 0 aromatic heterocycles. The maximum absolute atomic E-state index is 13.7. The number of carbonyl (C=O) groups excluding carboxylic acids is 1. The van der Waals surface area contributed by atoms with Gasteiger partial charge in [0.05, 0.1) is 18.3 Å². The molecule has 2 aromatic rings. The van der Waals surface area contributed by atoms with E-state index in [2.05, 4.69) is 44.4 Å². The maximum atomic E-state index is 13.7. The number of hydrazine groups is 1. The summed E-state index contributed by atoms with van der Waals surface area (Å²) in [5.41, 5.74) is 9.81. The number of benzene rings is 2. The van der Waals surface area contributed by atoms with Gasteiger partial charge in [-0.2, -0.15) is 0 Å². The molecule has 4 atom stereocenters. The molecule has 212 valence electrons. The van der Waals surface area contributed by atoms with Crippen LogP contribution in [0.4, 0.5) is 20.2 Å². The minimum atomic E-state index is -0.540. The Hall–Kier alpha value is -2.79. The number of halogens is 2. The minimum absolute atomic E-state index is 0.144. The summed E-state index contributed by atoms with van der Waals surface area (Å²) >= 11 is 0. The molecule has 2 saturated heterocycles. The molecule has 5 rings (SSSR count). The number of likely N-dealkylation sites (N-methyl/N-ethyl adjacent to an activating group) is 1. The van der Waals surface area contributed by atoms with Crippen LogP contribution in [0.15, 0.2) is 36.4 Å². The van der Waals surface area contributed by atoms with E-state index in [0.717, 1.165) is 62.9 Å². The Morgan fingerprint density at radius 3 is 2.56 bits per heavy atom. The van der Waals surface area contributed by atoms with Crippen LogP contribution in [-0.2, 0) is 11.2 Å². The van der Waals surface area contributed by atoms with Crippen molar-refractivity contribution in [2.75, 3.05) is 63.7 Å². The summed E-state index contributed by atoms with van der Waals surface area (Å²) < 4.78 is 32.6. The van der Waals surface area contributed by atoms with Crippen LogP contribution in [0.25, 0.3) is 0 Å². The molecule has 1 amide bonds. The topological polar surface area (TPSA) is 80.9 Å². The van der Waals surface area contributed by atoms with E-state index in [1.54, 1.807) is 7.11 Å². The van der Waals surface area contributed by atoms with Crippen molar-refractivity contribution in [3.63, 3.8) is 0 Å². The van der Waals surface area contributed by atoms with Crippen LogP contribution >= 0.6 is 0 Å². The van der Waals surface area contributed by atoms with Gasteiger partial charge in [-0.05, 0) is 74.5 Å². The maximum Gasteiger partial charge on any atom is 0.254 e. The van der Waals surface area contributed by atoms with Crippen molar-refractivity contribution in [3.05, 3.63) is 59.2 Å². The van der Waals surface area contributed by atoms with Gasteiger partial charge in [0.15, 0.2) is 0 Å². The van der Waals surface area contributed by atoms with E-state index in [4.69, 9.17) is 4.74 Å². The van der Waals surface area contributed by atoms with Crippen LogP contribution in [0.2, 0.25) is 0 Å². The normalized spacial score (nSPS) is 25.4. The second-order valence-electron chi connectivity index (χ2n) is 11.1. The number of methoxy groups -OCH3 is 1. The zero-order chi connectivity index (χ0) is 27.4. The number of anilines is 2. The molecule has 2 aromatic carbocycles. The van der Waals surface area contributed by atoms with E-state index in [1.807, 2.05) is 12.1 Å². The van der Waals surface area contributed by atoms with E-state index in [0.29, 0.717) is 36.6 Å². The van der Waals surface area contributed by atoms with Crippen molar-refractivity contribution >= 4 is 17.3 Å². The molecule has 39 heavy (non-hydrogen) atoms. The number of fused-ring (bicyclic) bond motifs is 1. The van der Waals surface area contributed by atoms with Gasteiger partial charge >= 0.3 is 0 Å². The average molecular weight is 543 g/mol. The van der Waals surface area contributed by atoms with E-state index in [9.17, 15) is 13.6 Å². The van der Waals surface area contributed by atoms with Gasteiger partial charge in [0.2, 0.25) is 0 Å². The molecule has 3 fully saturated rings. The lowest BCUT2D eigenvalue weighted by Gasteiger charge is -2.34. The molecule has 0 spiro atoms. The number of hydrogen-bond donors (Lipinski definition) is 4. The van der Waals surface area contributed by atoms with E-state index in [-0.39, 0.29) is 24.0 Å². The molecule has 1 aliphatic carbocycles. The fourth-order valence-electron chi connectivity index (χ4n) is 6.18. The summed E-state index contributed by atoms with van der Waals surface area (Å²) in [7, 11) is 3.79. The molecule has 8 nitrogen and oxygen atoms in total. The highest BCUT2D eigenvalue weighted by atomic mass is 19.1. The summed E-state index contributed by atoms with van der Waals surface area (Å²) in [6.07, 6.45) is 3.15. The summed E-state index contributed by atoms with van der Waals surface area (Å²) in [6, 6.07) is 9.99. The number of hydrogen-bond acceptors (Lipinski definition) is 7. The molecule has 4 N–H and O–H groups in total. The van der Waals surface area contributed by atoms with Crippen molar-refractivity contribution in [1.29, 1.82) is 0 Å². The van der Waals surface area contributed by atoms with Crippen LogP contribution in [-0.4, -0.2) is 76.5 Å². The van der Waals surface area contributed by atoms with Crippen LogP contribution in [0.5, 0.6) is 0 Å². The lowest BCUT2D eigenvalue weighted by Crippen LogP contribution is -2.47. The third kappa shape index (κ3) is 6.87. The number of amides is 1. The highest BCUT2D eigenvalue weighted by Crippen LogP contribution is 2.35. The molecule has 10 heteroatoms. The van der Waals surface area contributed by atoms with Gasteiger partial charge in [-0.25, -0.2) is 14.2 Å². The van der Waals surface area contributed by atoms with Gasteiger partial charge in [-0.1, -0.05) is 0 Å². The molecule has 2 aliphatic heterocycles. The highest BCUT2D eigenvalue weighted by molar-refractivity contribution is 6.00. The lowest BCUT2D eigenvalue weighted by molar-refractivity contribution is 0.0911. The van der Waals surface area contributed by atoms with Crippen LogP contribution in [0.3, 0.4) is 0 Å². The largest absolute Gasteiger partial charge is 0.383 e. The van der Waals surface area contributed by atoms with Gasteiger partial charge in [-0.3, -0.25) is 10.2 Å². The Balaban J connectivity index is 1.26. The molecular weight excluding hydrogens is 502 g/mol. The second kappa shape index (κ2) is 12.6. The first-order valence-corrected chi connectivity index (χ1v) is 14.0. The number of carbonyl (C=O) groups is 1. The van der Waals surface area contributed by atoms with Gasteiger partial charge in [-0.15, -0.1) is 0 Å². The Kier molecular flexibility index (Phi) is 8.96.